The predicted octanol–water partition coefficient (Wildman–Crippen LogP) is 2.46. The monoisotopic (exact) mass is 306 g/mol. The first kappa shape index (κ1) is 13.3. The Bertz CT molecular complexity index is 748. The number of nitrogens with one attached hydrogen (secondary N) is 1. The summed E-state index contributed by atoms with van der Waals surface area (Å²) in [5.41, 5.74) is 1.90. The van der Waals surface area contributed by atoms with Crippen LogP contribution in [-0.2, 0) is 12.8 Å². The van der Waals surface area contributed by atoms with Crippen LogP contribution in [0.1, 0.15) is 11.5 Å². The van der Waals surface area contributed by atoms with E-state index in [0.717, 1.165) is 32.7 Å². The lowest BCUT2D eigenvalue weighted by atomic mass is 10.4. The summed E-state index contributed by atoms with van der Waals surface area (Å²) in [6, 6.07) is 0. The van der Waals surface area contributed by atoms with Crippen molar-refractivity contribution < 1.29 is 0 Å². The molecule has 0 spiro atoms. The maximum Gasteiger partial charge on any atom is 0.163 e. The van der Waals surface area contributed by atoms with E-state index in [1.54, 1.807) is 34.0 Å². The van der Waals surface area contributed by atoms with Crippen LogP contribution in [-0.4, -0.2) is 31.8 Å². The van der Waals surface area contributed by atoms with Gasteiger partial charge < -0.3 is 5.32 Å². The molecule has 8 heteroatoms. The minimum atomic E-state index is 0.697. The van der Waals surface area contributed by atoms with Gasteiger partial charge in [0, 0.05) is 25.2 Å². The van der Waals surface area contributed by atoms with E-state index in [0.29, 0.717) is 5.75 Å². The highest BCUT2D eigenvalue weighted by Crippen LogP contribution is 2.26. The molecule has 0 aliphatic heterocycles. The van der Waals surface area contributed by atoms with Crippen molar-refractivity contribution in [1.82, 2.24) is 24.7 Å². The lowest BCUT2D eigenvalue weighted by molar-refractivity contribution is 0.782. The van der Waals surface area contributed by atoms with Crippen molar-refractivity contribution in [2.45, 2.75) is 17.0 Å². The van der Waals surface area contributed by atoms with Crippen molar-refractivity contribution in [2.24, 2.45) is 7.05 Å². The second kappa shape index (κ2) is 5.37. The van der Waals surface area contributed by atoms with Gasteiger partial charge in [-0.15, -0.1) is 11.3 Å². The third-order valence-corrected chi connectivity index (χ3v) is 4.93. The van der Waals surface area contributed by atoms with E-state index in [4.69, 9.17) is 0 Å². The molecular weight excluding hydrogens is 292 g/mol. The van der Waals surface area contributed by atoms with Crippen LogP contribution in [0.5, 0.6) is 0 Å². The molecule has 0 unspecified atom stereocenters. The van der Waals surface area contributed by atoms with Gasteiger partial charge in [0.15, 0.2) is 9.99 Å². The molecule has 3 rings (SSSR count). The van der Waals surface area contributed by atoms with E-state index < -0.39 is 0 Å². The van der Waals surface area contributed by atoms with E-state index in [1.807, 2.05) is 26.4 Å². The third-order valence-electron chi connectivity index (χ3n) is 2.80. The van der Waals surface area contributed by atoms with Gasteiger partial charge in [0.25, 0.3) is 0 Å². The molecule has 0 saturated carbocycles. The van der Waals surface area contributed by atoms with Crippen molar-refractivity contribution in [3.05, 3.63) is 23.1 Å². The Morgan fingerprint density at radius 3 is 2.90 bits per heavy atom. The largest absolute Gasteiger partial charge is 0.372 e. The number of nitrogens with zero attached hydrogens (tertiary/aromatic N) is 5. The molecule has 0 atom stereocenters. The van der Waals surface area contributed by atoms with Gasteiger partial charge in [-0.3, -0.25) is 4.68 Å². The highest BCUT2D eigenvalue weighted by atomic mass is 32.2. The zero-order valence-electron chi connectivity index (χ0n) is 11.4. The standard InChI is InChI=1S/C12H14N6S2/c1-7-5-19-12(15-7)20-6-9-16-10(13-2)8-4-14-18(3)11(8)17-9/h4-5H,6H2,1-3H3,(H,13,16,17). The van der Waals surface area contributed by atoms with Crippen LogP contribution in [0.25, 0.3) is 11.0 Å². The Morgan fingerprint density at radius 1 is 1.35 bits per heavy atom. The van der Waals surface area contributed by atoms with E-state index in [1.165, 1.54) is 0 Å². The Morgan fingerprint density at radius 2 is 2.20 bits per heavy atom. The molecule has 0 saturated heterocycles. The van der Waals surface area contributed by atoms with E-state index in [2.05, 4.69) is 25.4 Å². The molecule has 3 aromatic heterocycles. The Hall–Kier alpha value is -1.67. The number of aromatic nitrogens is 5. The fourth-order valence-electron chi connectivity index (χ4n) is 1.85. The summed E-state index contributed by atoms with van der Waals surface area (Å²) in [4.78, 5) is 13.5. The molecule has 3 aromatic rings. The maximum atomic E-state index is 4.57. The van der Waals surface area contributed by atoms with Crippen LogP contribution in [0.4, 0.5) is 5.82 Å². The first-order valence-electron chi connectivity index (χ1n) is 6.08. The van der Waals surface area contributed by atoms with Gasteiger partial charge in [-0.2, -0.15) is 5.10 Å². The van der Waals surface area contributed by atoms with Gasteiger partial charge in [0.05, 0.1) is 17.3 Å². The average molecular weight is 306 g/mol. The van der Waals surface area contributed by atoms with Gasteiger partial charge >= 0.3 is 0 Å². The molecule has 1 N–H and O–H groups in total. The van der Waals surface area contributed by atoms with Gasteiger partial charge in [0.2, 0.25) is 0 Å². The molecule has 104 valence electrons. The smallest absolute Gasteiger partial charge is 0.163 e. The van der Waals surface area contributed by atoms with Crippen LogP contribution in [0, 0.1) is 6.92 Å². The minimum absolute atomic E-state index is 0.697. The second-order valence-corrected chi connectivity index (χ2v) is 6.37. The van der Waals surface area contributed by atoms with Crippen molar-refractivity contribution in [3.63, 3.8) is 0 Å². The molecule has 0 aliphatic carbocycles. The summed E-state index contributed by atoms with van der Waals surface area (Å²) in [6.07, 6.45) is 1.78. The molecule has 0 aromatic carbocycles. The molecule has 6 nitrogen and oxygen atoms in total. The molecule has 0 radical (unpaired) electrons. The quantitative estimate of drug-likeness (QED) is 0.747. The first-order chi connectivity index (χ1) is 9.67. The molecule has 0 fully saturated rings. The van der Waals surface area contributed by atoms with Crippen molar-refractivity contribution in [3.8, 4) is 0 Å². The Kier molecular flexibility index (Phi) is 3.58. The summed E-state index contributed by atoms with van der Waals surface area (Å²) in [6.45, 7) is 2.00. The van der Waals surface area contributed by atoms with Crippen LogP contribution < -0.4 is 5.32 Å². The topological polar surface area (TPSA) is 68.5 Å². The number of hydrogen-bond acceptors (Lipinski definition) is 7. The summed E-state index contributed by atoms with van der Waals surface area (Å²) in [5, 5.41) is 10.3. The summed E-state index contributed by atoms with van der Waals surface area (Å²) in [5.74, 6) is 2.29. The van der Waals surface area contributed by atoms with E-state index in [9.17, 15) is 0 Å². The molecule has 3 heterocycles. The minimum Gasteiger partial charge on any atom is -0.372 e. The normalized spacial score (nSPS) is 11.2. The number of aryl methyl sites for hydroxylation is 2. The SMILES string of the molecule is CNc1nc(CSc2nc(C)cs2)nc2c1cnn2C. The average Bonchev–Trinajstić information content (AvgIpc) is 3.03. The molecule has 0 amide bonds. The third kappa shape index (κ3) is 2.48. The van der Waals surface area contributed by atoms with Gasteiger partial charge in [-0.05, 0) is 6.92 Å². The fourth-order valence-corrected chi connectivity index (χ4v) is 3.55. The molecular formula is C12H14N6S2. The van der Waals surface area contributed by atoms with Gasteiger partial charge in [-0.25, -0.2) is 15.0 Å². The lowest BCUT2D eigenvalue weighted by Crippen LogP contribution is -2.02. The van der Waals surface area contributed by atoms with Crippen molar-refractivity contribution in [2.75, 3.05) is 12.4 Å². The summed E-state index contributed by atoms with van der Waals surface area (Å²) >= 11 is 3.31. The summed E-state index contributed by atoms with van der Waals surface area (Å²) < 4.78 is 2.81. The predicted molar refractivity (Wildman–Crippen MR) is 82.3 cm³/mol. The number of fused-ring (bicyclic) bond motifs is 1. The Balaban J connectivity index is 1.89. The first-order valence-corrected chi connectivity index (χ1v) is 7.95. The molecule has 0 bridgehead atoms. The highest BCUT2D eigenvalue weighted by Gasteiger charge is 2.11. The number of thioether (sulfide) groups is 1. The zero-order valence-corrected chi connectivity index (χ0v) is 13.0. The van der Waals surface area contributed by atoms with Crippen molar-refractivity contribution in [1.29, 1.82) is 0 Å². The van der Waals surface area contributed by atoms with Crippen LogP contribution in [0.3, 0.4) is 0 Å². The van der Waals surface area contributed by atoms with Crippen LogP contribution in [0.15, 0.2) is 15.9 Å². The fraction of sp³-hybridized carbons (Fsp3) is 0.333. The van der Waals surface area contributed by atoms with Crippen LogP contribution >= 0.6 is 23.1 Å². The van der Waals surface area contributed by atoms with Gasteiger partial charge in [0.1, 0.15) is 11.6 Å². The number of rotatable bonds is 4. The van der Waals surface area contributed by atoms with E-state index in [-0.39, 0.29) is 0 Å². The van der Waals surface area contributed by atoms with Crippen molar-refractivity contribution >= 4 is 39.9 Å². The number of hydrogen-bond donors (Lipinski definition) is 1. The lowest BCUT2D eigenvalue weighted by Gasteiger charge is -2.05. The Labute approximate surface area is 124 Å². The van der Waals surface area contributed by atoms with E-state index >= 15 is 0 Å². The molecule has 0 aliphatic rings. The zero-order chi connectivity index (χ0) is 14.1. The summed E-state index contributed by atoms with van der Waals surface area (Å²) in [7, 11) is 3.74. The maximum absolute atomic E-state index is 4.57. The highest BCUT2D eigenvalue weighted by molar-refractivity contribution is 8.00. The molecule has 20 heavy (non-hydrogen) atoms. The number of thiazole rings is 1. The number of anilines is 1. The second-order valence-electron chi connectivity index (χ2n) is 4.29. The van der Waals surface area contributed by atoms with Crippen LogP contribution in [0.2, 0.25) is 0 Å². The van der Waals surface area contributed by atoms with Gasteiger partial charge in [-0.1, -0.05) is 11.8 Å².